The lowest BCUT2D eigenvalue weighted by molar-refractivity contribution is -0.137. The van der Waals surface area contributed by atoms with Crippen molar-refractivity contribution in [2.24, 2.45) is 0 Å². The second kappa shape index (κ2) is 9.59. The molecule has 0 saturated carbocycles. The van der Waals surface area contributed by atoms with Crippen LogP contribution in [0.1, 0.15) is 24.5 Å². The zero-order valence-corrected chi connectivity index (χ0v) is 16.7. The smallest absolute Gasteiger partial charge is 0.263 e. The Labute approximate surface area is 171 Å². The largest absolute Gasteiger partial charge is 0.479 e. The molecule has 0 aromatic heterocycles. The minimum absolute atomic E-state index is 0.0138. The maximum absolute atomic E-state index is 12.8. The van der Waals surface area contributed by atoms with Crippen molar-refractivity contribution in [1.29, 1.82) is 5.26 Å². The Morgan fingerprint density at radius 2 is 1.89 bits per heavy atom. The third-order valence-corrected chi connectivity index (χ3v) is 5.19. The average Bonchev–Trinajstić information content (AvgIpc) is 2.95. The summed E-state index contributed by atoms with van der Waals surface area (Å²) < 4.78 is 5.78. The Morgan fingerprint density at radius 1 is 1.14 bits per heavy atom. The van der Waals surface area contributed by atoms with Gasteiger partial charge in [0.1, 0.15) is 5.75 Å². The van der Waals surface area contributed by atoms with Gasteiger partial charge in [0.25, 0.3) is 5.91 Å². The molecule has 0 bridgehead atoms. The molecule has 1 amide bonds. The van der Waals surface area contributed by atoms with Gasteiger partial charge in [-0.3, -0.25) is 9.69 Å². The van der Waals surface area contributed by atoms with Crippen molar-refractivity contribution in [3.05, 3.63) is 64.7 Å². The van der Waals surface area contributed by atoms with E-state index in [0.29, 0.717) is 22.9 Å². The van der Waals surface area contributed by atoms with E-state index in [1.54, 1.807) is 19.1 Å². The molecule has 6 heteroatoms. The summed E-state index contributed by atoms with van der Waals surface area (Å²) in [6.45, 7) is 5.73. The zero-order chi connectivity index (χ0) is 19.9. The molecule has 0 radical (unpaired) electrons. The summed E-state index contributed by atoms with van der Waals surface area (Å²) >= 11 is 6.13. The molecule has 28 heavy (non-hydrogen) atoms. The van der Waals surface area contributed by atoms with E-state index in [4.69, 9.17) is 21.6 Å². The molecule has 1 heterocycles. The van der Waals surface area contributed by atoms with Crippen LogP contribution < -0.4 is 4.74 Å². The molecule has 1 aliphatic heterocycles. The highest BCUT2D eigenvalue weighted by Gasteiger charge is 2.25. The van der Waals surface area contributed by atoms with Gasteiger partial charge in [0.15, 0.2) is 6.10 Å². The Bertz CT molecular complexity index is 848. The van der Waals surface area contributed by atoms with E-state index in [-0.39, 0.29) is 5.91 Å². The number of rotatable bonds is 5. The fraction of sp³-hybridized carbons (Fsp3) is 0.364. The van der Waals surface area contributed by atoms with Crippen LogP contribution in [0.2, 0.25) is 5.02 Å². The molecular weight excluding hydrogens is 374 g/mol. The molecular formula is C22H24ClN3O2. The van der Waals surface area contributed by atoms with Gasteiger partial charge in [0.05, 0.1) is 16.7 Å². The lowest BCUT2D eigenvalue weighted by Gasteiger charge is -2.25. The Balaban J connectivity index is 1.54. The van der Waals surface area contributed by atoms with Gasteiger partial charge in [-0.15, -0.1) is 0 Å². The predicted molar refractivity (Wildman–Crippen MR) is 109 cm³/mol. The lowest BCUT2D eigenvalue weighted by atomic mass is 10.1. The van der Waals surface area contributed by atoms with Crippen molar-refractivity contribution < 1.29 is 9.53 Å². The molecule has 2 aromatic carbocycles. The Morgan fingerprint density at radius 3 is 2.61 bits per heavy atom. The summed E-state index contributed by atoms with van der Waals surface area (Å²) in [6.07, 6.45) is 0.339. The number of hydrogen-bond acceptors (Lipinski definition) is 4. The summed E-state index contributed by atoms with van der Waals surface area (Å²) in [7, 11) is 0. The highest BCUT2D eigenvalue weighted by Crippen LogP contribution is 2.24. The van der Waals surface area contributed by atoms with Crippen molar-refractivity contribution in [3.8, 4) is 11.8 Å². The second-order valence-corrected chi connectivity index (χ2v) is 7.36. The molecule has 1 saturated heterocycles. The van der Waals surface area contributed by atoms with Crippen molar-refractivity contribution >= 4 is 17.5 Å². The molecule has 1 atom stereocenters. The number of halogens is 1. The molecule has 3 rings (SSSR count). The van der Waals surface area contributed by atoms with E-state index in [2.05, 4.69) is 11.0 Å². The first kappa shape index (κ1) is 20.2. The molecule has 0 N–H and O–H groups in total. The zero-order valence-electron chi connectivity index (χ0n) is 16.0. The van der Waals surface area contributed by atoms with Gasteiger partial charge in [-0.25, -0.2) is 0 Å². The summed E-state index contributed by atoms with van der Waals surface area (Å²) in [6, 6.07) is 17.0. The van der Waals surface area contributed by atoms with Crippen LogP contribution in [0.25, 0.3) is 0 Å². The fourth-order valence-corrected chi connectivity index (χ4v) is 3.51. The maximum Gasteiger partial charge on any atom is 0.263 e. The predicted octanol–water partition coefficient (Wildman–Crippen LogP) is 3.71. The van der Waals surface area contributed by atoms with Gasteiger partial charge in [-0.1, -0.05) is 35.9 Å². The molecule has 5 nitrogen and oxygen atoms in total. The standard InChI is InChI=1S/C22H24ClN3O2/c1-17(28-21-6-3-2-5-20(21)23)22(27)26-12-4-11-25(13-14-26)16-19-9-7-18(15-24)8-10-19/h2-3,5-10,17H,4,11-14,16H2,1H3. The lowest BCUT2D eigenvalue weighted by Crippen LogP contribution is -2.42. The highest BCUT2D eigenvalue weighted by molar-refractivity contribution is 6.32. The van der Waals surface area contributed by atoms with Gasteiger partial charge in [0, 0.05) is 32.7 Å². The maximum atomic E-state index is 12.8. The van der Waals surface area contributed by atoms with Crippen LogP contribution in [-0.2, 0) is 11.3 Å². The number of nitriles is 1. The average molecular weight is 398 g/mol. The Hall–Kier alpha value is -2.55. The van der Waals surface area contributed by atoms with Crippen LogP contribution in [0.15, 0.2) is 48.5 Å². The van der Waals surface area contributed by atoms with Crippen LogP contribution >= 0.6 is 11.6 Å². The first-order chi connectivity index (χ1) is 13.6. The first-order valence-corrected chi connectivity index (χ1v) is 9.86. The first-order valence-electron chi connectivity index (χ1n) is 9.48. The third kappa shape index (κ3) is 5.25. The second-order valence-electron chi connectivity index (χ2n) is 6.95. The van der Waals surface area contributed by atoms with Gasteiger partial charge in [-0.05, 0) is 43.2 Å². The van der Waals surface area contributed by atoms with E-state index < -0.39 is 6.10 Å². The van der Waals surface area contributed by atoms with Crippen molar-refractivity contribution in [1.82, 2.24) is 9.80 Å². The number of benzene rings is 2. The number of nitrogens with zero attached hydrogens (tertiary/aromatic N) is 3. The van der Waals surface area contributed by atoms with E-state index in [1.807, 2.05) is 41.3 Å². The number of carbonyl (C=O) groups is 1. The normalized spacial score (nSPS) is 16.1. The van der Waals surface area contributed by atoms with E-state index >= 15 is 0 Å². The summed E-state index contributed by atoms with van der Waals surface area (Å²) in [5, 5.41) is 9.41. The van der Waals surface area contributed by atoms with Crippen LogP contribution in [0.3, 0.4) is 0 Å². The highest BCUT2D eigenvalue weighted by atomic mass is 35.5. The van der Waals surface area contributed by atoms with Crippen LogP contribution in [0.5, 0.6) is 5.75 Å². The van der Waals surface area contributed by atoms with Crippen molar-refractivity contribution in [3.63, 3.8) is 0 Å². The number of ether oxygens (including phenoxy) is 1. The monoisotopic (exact) mass is 397 g/mol. The molecule has 146 valence electrons. The van der Waals surface area contributed by atoms with Crippen molar-refractivity contribution in [2.75, 3.05) is 26.2 Å². The van der Waals surface area contributed by atoms with E-state index in [0.717, 1.165) is 32.6 Å². The summed E-state index contributed by atoms with van der Waals surface area (Å²) in [4.78, 5) is 17.0. The number of carbonyl (C=O) groups excluding carboxylic acids is 1. The molecule has 1 unspecified atom stereocenters. The SMILES string of the molecule is CC(Oc1ccccc1Cl)C(=O)N1CCCN(Cc2ccc(C#N)cc2)CC1. The van der Waals surface area contributed by atoms with Crippen molar-refractivity contribution in [2.45, 2.75) is 26.0 Å². The summed E-state index contributed by atoms with van der Waals surface area (Å²) in [5.74, 6) is 0.516. The quantitative estimate of drug-likeness (QED) is 0.771. The molecule has 2 aromatic rings. The summed E-state index contributed by atoms with van der Waals surface area (Å²) in [5.41, 5.74) is 1.85. The fourth-order valence-electron chi connectivity index (χ4n) is 3.33. The molecule has 0 spiro atoms. The van der Waals surface area contributed by atoms with E-state index in [9.17, 15) is 4.79 Å². The van der Waals surface area contributed by atoms with Crippen LogP contribution in [-0.4, -0.2) is 48.0 Å². The minimum atomic E-state index is -0.579. The topological polar surface area (TPSA) is 56.6 Å². The minimum Gasteiger partial charge on any atom is -0.479 e. The third-order valence-electron chi connectivity index (χ3n) is 4.88. The van der Waals surface area contributed by atoms with Gasteiger partial charge in [-0.2, -0.15) is 5.26 Å². The van der Waals surface area contributed by atoms with E-state index in [1.165, 1.54) is 5.56 Å². The Kier molecular flexibility index (Phi) is 6.91. The molecule has 1 fully saturated rings. The molecule has 1 aliphatic rings. The van der Waals surface area contributed by atoms with Gasteiger partial charge < -0.3 is 9.64 Å². The number of amides is 1. The molecule has 0 aliphatic carbocycles. The van der Waals surface area contributed by atoms with Gasteiger partial charge in [0.2, 0.25) is 0 Å². The van der Waals surface area contributed by atoms with Crippen LogP contribution in [0.4, 0.5) is 0 Å². The van der Waals surface area contributed by atoms with Gasteiger partial charge >= 0.3 is 0 Å². The number of hydrogen-bond donors (Lipinski definition) is 0. The van der Waals surface area contributed by atoms with Crippen LogP contribution in [0, 0.1) is 11.3 Å². The number of para-hydroxylation sites is 1.